The van der Waals surface area contributed by atoms with Crippen LogP contribution in [0.15, 0.2) is 10.2 Å². The summed E-state index contributed by atoms with van der Waals surface area (Å²) in [6, 6.07) is 0. The van der Waals surface area contributed by atoms with E-state index >= 15 is 0 Å². The average molecular weight is 293 g/mol. The molecule has 5 nitrogen and oxygen atoms in total. The topological polar surface area (TPSA) is 78.9 Å². The van der Waals surface area contributed by atoms with E-state index < -0.39 is 0 Å². The Bertz CT molecular complexity index is 680. The number of nitrogens with zero attached hydrogens (tertiary/aromatic N) is 2. The molecule has 2 N–H and O–H groups in total. The smallest absolute Gasteiger partial charge is 0.258 e. The Balaban J connectivity index is 2.50. The van der Waals surface area contributed by atoms with Crippen molar-refractivity contribution < 1.29 is 5.11 Å². The number of aromatic hydroxyl groups is 1. The van der Waals surface area contributed by atoms with Gasteiger partial charge in [-0.3, -0.25) is 4.79 Å². The van der Waals surface area contributed by atoms with E-state index in [0.29, 0.717) is 17.1 Å². The zero-order chi connectivity index (χ0) is 15.1. The van der Waals surface area contributed by atoms with Gasteiger partial charge in [0.05, 0.1) is 10.6 Å². The molecule has 6 heteroatoms. The number of H-pyrrole nitrogens is 1. The van der Waals surface area contributed by atoms with E-state index in [4.69, 9.17) is 0 Å². The third-order valence-electron chi connectivity index (χ3n) is 2.90. The van der Waals surface area contributed by atoms with Crippen molar-refractivity contribution in [3.8, 4) is 17.4 Å². The predicted octanol–water partition coefficient (Wildman–Crippen LogP) is 3.02. The number of nitrogens with one attached hydrogen (secondary N) is 1. The first-order valence-corrected chi connectivity index (χ1v) is 7.37. The molecule has 0 fully saturated rings. The van der Waals surface area contributed by atoms with Gasteiger partial charge in [0.25, 0.3) is 5.56 Å². The summed E-state index contributed by atoms with van der Waals surface area (Å²) in [5.74, 6) is 0.00794. The van der Waals surface area contributed by atoms with Crippen LogP contribution in [-0.2, 0) is 5.41 Å². The van der Waals surface area contributed by atoms with Crippen LogP contribution in [0.3, 0.4) is 0 Å². The lowest BCUT2D eigenvalue weighted by molar-refractivity contribution is 0.440. The zero-order valence-corrected chi connectivity index (χ0v) is 13.1. The summed E-state index contributed by atoms with van der Waals surface area (Å²) in [6.45, 7) is 9.90. The highest BCUT2D eigenvalue weighted by molar-refractivity contribution is 7.10. The van der Waals surface area contributed by atoms with Gasteiger partial charge in [0.1, 0.15) is 5.69 Å². The monoisotopic (exact) mass is 293 g/mol. The van der Waals surface area contributed by atoms with Gasteiger partial charge in [-0.25, -0.2) is 4.98 Å². The maximum Gasteiger partial charge on any atom is 0.258 e. The minimum atomic E-state index is -0.312. The van der Waals surface area contributed by atoms with E-state index in [-0.39, 0.29) is 22.8 Å². The summed E-state index contributed by atoms with van der Waals surface area (Å²) in [5.41, 5.74) is 0.527. The summed E-state index contributed by atoms with van der Waals surface area (Å²) in [6.07, 6.45) is 0. The summed E-state index contributed by atoms with van der Waals surface area (Å²) >= 11 is 1.52. The van der Waals surface area contributed by atoms with Gasteiger partial charge >= 0.3 is 0 Å². The predicted molar refractivity (Wildman–Crippen MR) is 80.4 cm³/mol. The molecule has 2 aromatic heterocycles. The number of hydrogen-bond donors (Lipinski definition) is 2. The molecular formula is C14H19N3O2S. The first kappa shape index (κ1) is 14.7. The zero-order valence-electron chi connectivity index (χ0n) is 12.3. The maximum atomic E-state index is 12.0. The number of aromatic nitrogens is 3. The van der Waals surface area contributed by atoms with Gasteiger partial charge in [-0.2, -0.15) is 4.98 Å². The molecule has 0 atom stereocenters. The van der Waals surface area contributed by atoms with Gasteiger partial charge < -0.3 is 10.1 Å². The van der Waals surface area contributed by atoms with Gasteiger partial charge in [-0.15, -0.1) is 11.3 Å². The molecule has 108 valence electrons. The van der Waals surface area contributed by atoms with Crippen molar-refractivity contribution in [1.29, 1.82) is 0 Å². The molecule has 0 aliphatic carbocycles. The molecular weight excluding hydrogens is 274 g/mol. The van der Waals surface area contributed by atoms with Crippen LogP contribution in [0.2, 0.25) is 0 Å². The molecule has 2 aromatic rings. The second-order valence-corrected chi connectivity index (χ2v) is 6.95. The molecule has 0 spiro atoms. The maximum absolute atomic E-state index is 12.0. The van der Waals surface area contributed by atoms with Gasteiger partial charge in [0.15, 0.2) is 5.82 Å². The van der Waals surface area contributed by atoms with Crippen molar-refractivity contribution in [1.82, 2.24) is 15.0 Å². The largest absolute Gasteiger partial charge is 0.493 e. The molecule has 0 aromatic carbocycles. The summed E-state index contributed by atoms with van der Waals surface area (Å²) in [4.78, 5) is 23.2. The Morgan fingerprint density at radius 1 is 1.30 bits per heavy atom. The second-order valence-electron chi connectivity index (χ2n) is 6.09. The molecule has 0 aliphatic heterocycles. The summed E-state index contributed by atoms with van der Waals surface area (Å²) in [7, 11) is 0. The third-order valence-corrected chi connectivity index (χ3v) is 4.17. The minimum absolute atomic E-state index is 0.0525. The molecule has 0 bridgehead atoms. The Hall–Kier alpha value is -1.69. The van der Waals surface area contributed by atoms with Gasteiger partial charge in [-0.1, -0.05) is 34.6 Å². The molecule has 0 radical (unpaired) electrons. The third kappa shape index (κ3) is 2.75. The molecule has 20 heavy (non-hydrogen) atoms. The minimum Gasteiger partial charge on any atom is -0.493 e. The van der Waals surface area contributed by atoms with E-state index in [0.717, 1.165) is 5.01 Å². The van der Waals surface area contributed by atoms with Gasteiger partial charge in [0.2, 0.25) is 5.88 Å². The second kappa shape index (κ2) is 5.01. The van der Waals surface area contributed by atoms with E-state index in [1.165, 1.54) is 11.3 Å². The van der Waals surface area contributed by atoms with Crippen molar-refractivity contribution >= 4 is 11.3 Å². The number of hydrogen-bond acceptors (Lipinski definition) is 5. The fourth-order valence-corrected chi connectivity index (χ4v) is 2.73. The van der Waals surface area contributed by atoms with Gasteiger partial charge in [-0.05, 0) is 5.92 Å². The number of rotatable bonds is 2. The Labute approximate surface area is 121 Å². The van der Waals surface area contributed by atoms with Crippen LogP contribution >= 0.6 is 11.3 Å². The first-order chi connectivity index (χ1) is 9.20. The molecule has 0 unspecified atom stereocenters. The molecule has 0 amide bonds. The van der Waals surface area contributed by atoms with E-state index in [9.17, 15) is 9.90 Å². The van der Waals surface area contributed by atoms with Gasteiger partial charge in [0, 0.05) is 10.8 Å². The standard InChI is InChI=1S/C14H19N3O2S/c1-7(2)9-11(18)16-10(17-12(9)19)8-6-20-13(15-8)14(3,4)5/h6-7H,1-5H3,(H2,16,17,18,19). The fourth-order valence-electron chi connectivity index (χ4n) is 1.84. The number of thiazole rings is 1. The van der Waals surface area contributed by atoms with E-state index in [1.807, 2.05) is 19.2 Å². The quantitative estimate of drug-likeness (QED) is 0.892. The lowest BCUT2D eigenvalue weighted by Crippen LogP contribution is -2.16. The highest BCUT2D eigenvalue weighted by Crippen LogP contribution is 2.29. The highest BCUT2D eigenvalue weighted by Gasteiger charge is 2.20. The van der Waals surface area contributed by atoms with Crippen molar-refractivity contribution in [2.75, 3.05) is 0 Å². The van der Waals surface area contributed by atoms with Crippen LogP contribution in [0.4, 0.5) is 0 Å². The first-order valence-electron chi connectivity index (χ1n) is 6.49. The lowest BCUT2D eigenvalue weighted by Gasteiger charge is -2.13. The molecule has 0 saturated heterocycles. The fraction of sp³-hybridized carbons (Fsp3) is 0.500. The Kier molecular flexibility index (Phi) is 3.69. The van der Waals surface area contributed by atoms with Crippen molar-refractivity contribution in [3.63, 3.8) is 0 Å². The lowest BCUT2D eigenvalue weighted by atomic mass is 9.98. The van der Waals surface area contributed by atoms with Crippen LogP contribution in [0.25, 0.3) is 11.5 Å². The van der Waals surface area contributed by atoms with Crippen LogP contribution in [-0.4, -0.2) is 20.1 Å². The Morgan fingerprint density at radius 3 is 2.40 bits per heavy atom. The van der Waals surface area contributed by atoms with Crippen LogP contribution in [0.1, 0.15) is 51.1 Å². The van der Waals surface area contributed by atoms with Crippen LogP contribution in [0.5, 0.6) is 5.88 Å². The molecule has 0 saturated carbocycles. The number of aromatic amines is 1. The van der Waals surface area contributed by atoms with Crippen molar-refractivity contribution in [2.24, 2.45) is 0 Å². The molecule has 2 heterocycles. The molecule has 0 aliphatic rings. The SMILES string of the molecule is CC(C)c1c(O)nc(-c2csc(C(C)(C)C)n2)[nH]c1=O. The van der Waals surface area contributed by atoms with Crippen LogP contribution < -0.4 is 5.56 Å². The van der Waals surface area contributed by atoms with E-state index in [1.54, 1.807) is 0 Å². The average Bonchev–Trinajstić information content (AvgIpc) is 2.75. The van der Waals surface area contributed by atoms with Crippen LogP contribution in [0, 0.1) is 0 Å². The normalized spacial score (nSPS) is 12.1. The van der Waals surface area contributed by atoms with Crippen molar-refractivity contribution in [3.05, 3.63) is 26.3 Å². The Morgan fingerprint density at radius 2 is 1.95 bits per heavy atom. The highest BCUT2D eigenvalue weighted by atomic mass is 32.1. The summed E-state index contributed by atoms with van der Waals surface area (Å²) < 4.78 is 0. The summed E-state index contributed by atoms with van der Waals surface area (Å²) in [5, 5.41) is 12.7. The van der Waals surface area contributed by atoms with Crippen molar-refractivity contribution in [2.45, 2.75) is 46.0 Å². The van der Waals surface area contributed by atoms with E-state index in [2.05, 4.69) is 35.7 Å². The molecule has 2 rings (SSSR count).